The number of hydrogen-bond acceptors (Lipinski definition) is 2. The highest BCUT2D eigenvalue weighted by Gasteiger charge is 2.12. The Balaban J connectivity index is 1.71. The van der Waals surface area contributed by atoms with E-state index in [0.29, 0.717) is 13.0 Å². The number of hydrogen-bond donors (Lipinski definition) is 2. The van der Waals surface area contributed by atoms with Crippen molar-refractivity contribution in [3.8, 4) is 5.75 Å². The average Bonchev–Trinajstić information content (AvgIpc) is 2.92. The summed E-state index contributed by atoms with van der Waals surface area (Å²) >= 11 is 0. The standard InChI is InChI=1S/C19H18F2N2O2/c1-11-14(15-10-13(25-2)4-6-18(15)23-11)7-8-22-19(24)12-3-5-16(20)17(21)9-12/h3-6,9-10,23H,7-8H2,1-2H3,(H,22,24). The molecule has 0 aliphatic heterocycles. The van der Waals surface area contributed by atoms with E-state index in [1.165, 1.54) is 6.07 Å². The van der Waals surface area contributed by atoms with Crippen molar-refractivity contribution < 1.29 is 18.3 Å². The molecule has 3 rings (SSSR count). The van der Waals surface area contributed by atoms with Crippen LogP contribution in [0.1, 0.15) is 21.6 Å². The van der Waals surface area contributed by atoms with Gasteiger partial charge < -0.3 is 15.0 Å². The second kappa shape index (κ2) is 6.93. The molecule has 25 heavy (non-hydrogen) atoms. The molecule has 0 unspecified atom stereocenters. The molecular formula is C19H18F2N2O2. The van der Waals surface area contributed by atoms with Gasteiger partial charge in [-0.05, 0) is 55.3 Å². The summed E-state index contributed by atoms with van der Waals surface area (Å²) in [5, 5.41) is 3.77. The van der Waals surface area contributed by atoms with Crippen LogP contribution < -0.4 is 10.1 Å². The van der Waals surface area contributed by atoms with Crippen LogP contribution in [0.3, 0.4) is 0 Å². The van der Waals surface area contributed by atoms with Crippen LogP contribution in [0.2, 0.25) is 0 Å². The number of rotatable bonds is 5. The third kappa shape index (κ3) is 3.47. The van der Waals surface area contributed by atoms with Crippen LogP contribution in [0.4, 0.5) is 8.78 Å². The SMILES string of the molecule is COc1ccc2[nH]c(C)c(CCNC(=O)c3ccc(F)c(F)c3)c2c1. The molecule has 0 saturated carbocycles. The molecule has 0 bridgehead atoms. The van der Waals surface area contributed by atoms with Gasteiger partial charge in [0.15, 0.2) is 11.6 Å². The predicted molar refractivity (Wildman–Crippen MR) is 92.0 cm³/mol. The number of ether oxygens (including phenoxy) is 1. The monoisotopic (exact) mass is 344 g/mol. The van der Waals surface area contributed by atoms with Crippen molar-refractivity contribution in [2.45, 2.75) is 13.3 Å². The summed E-state index contributed by atoms with van der Waals surface area (Å²) in [6, 6.07) is 8.88. The van der Waals surface area contributed by atoms with Crippen molar-refractivity contribution in [1.29, 1.82) is 0 Å². The number of nitrogens with one attached hydrogen (secondary N) is 2. The number of methoxy groups -OCH3 is 1. The Morgan fingerprint density at radius 2 is 1.96 bits per heavy atom. The minimum Gasteiger partial charge on any atom is -0.497 e. The number of carbonyl (C=O) groups excluding carboxylic acids is 1. The molecule has 0 saturated heterocycles. The number of benzene rings is 2. The molecule has 0 aliphatic rings. The van der Waals surface area contributed by atoms with Crippen molar-refractivity contribution >= 4 is 16.8 Å². The summed E-state index contributed by atoms with van der Waals surface area (Å²) in [7, 11) is 1.61. The van der Waals surface area contributed by atoms with Crippen LogP contribution in [0.5, 0.6) is 5.75 Å². The smallest absolute Gasteiger partial charge is 0.251 e. The van der Waals surface area contributed by atoms with Gasteiger partial charge in [-0.2, -0.15) is 0 Å². The van der Waals surface area contributed by atoms with Crippen LogP contribution in [-0.4, -0.2) is 24.5 Å². The van der Waals surface area contributed by atoms with Gasteiger partial charge in [-0.15, -0.1) is 0 Å². The maximum Gasteiger partial charge on any atom is 0.251 e. The zero-order valence-corrected chi connectivity index (χ0v) is 14.0. The average molecular weight is 344 g/mol. The van der Waals surface area contributed by atoms with Crippen molar-refractivity contribution in [2.75, 3.05) is 13.7 Å². The van der Waals surface area contributed by atoms with Gasteiger partial charge in [-0.3, -0.25) is 4.79 Å². The lowest BCUT2D eigenvalue weighted by Gasteiger charge is -2.07. The maximum absolute atomic E-state index is 13.2. The van der Waals surface area contributed by atoms with Crippen LogP contribution in [0.25, 0.3) is 10.9 Å². The van der Waals surface area contributed by atoms with Gasteiger partial charge in [-0.1, -0.05) is 0 Å². The summed E-state index contributed by atoms with van der Waals surface area (Å²) in [4.78, 5) is 15.4. The Hall–Kier alpha value is -2.89. The Morgan fingerprint density at radius 1 is 1.16 bits per heavy atom. The predicted octanol–water partition coefficient (Wildman–Crippen LogP) is 3.74. The van der Waals surface area contributed by atoms with E-state index in [1.54, 1.807) is 7.11 Å². The van der Waals surface area contributed by atoms with Crippen molar-refractivity contribution in [1.82, 2.24) is 10.3 Å². The Morgan fingerprint density at radius 3 is 2.68 bits per heavy atom. The first-order valence-electron chi connectivity index (χ1n) is 7.88. The van der Waals surface area contributed by atoms with E-state index in [0.717, 1.165) is 40.0 Å². The maximum atomic E-state index is 13.2. The molecular weight excluding hydrogens is 326 g/mol. The van der Waals surface area contributed by atoms with Crippen molar-refractivity contribution in [3.05, 3.63) is 64.9 Å². The third-order valence-corrected chi connectivity index (χ3v) is 4.17. The molecule has 0 fully saturated rings. The number of amides is 1. The minimum atomic E-state index is -1.03. The van der Waals surface area contributed by atoms with Gasteiger partial charge in [0.1, 0.15) is 5.75 Å². The summed E-state index contributed by atoms with van der Waals surface area (Å²) in [6.07, 6.45) is 0.606. The lowest BCUT2D eigenvalue weighted by atomic mass is 10.1. The number of halogens is 2. The molecule has 0 aliphatic carbocycles. The van der Waals surface area contributed by atoms with E-state index in [-0.39, 0.29) is 5.56 Å². The first-order chi connectivity index (χ1) is 12.0. The second-order valence-electron chi connectivity index (χ2n) is 5.77. The van der Waals surface area contributed by atoms with Gasteiger partial charge in [0.05, 0.1) is 7.11 Å². The molecule has 1 aromatic heterocycles. The first kappa shape index (κ1) is 17.0. The zero-order chi connectivity index (χ0) is 18.0. The Bertz CT molecular complexity index is 935. The molecule has 130 valence electrons. The van der Waals surface area contributed by atoms with Gasteiger partial charge in [0, 0.05) is 28.7 Å². The summed E-state index contributed by atoms with van der Waals surface area (Å²) < 4.78 is 31.4. The van der Waals surface area contributed by atoms with Crippen LogP contribution in [-0.2, 0) is 6.42 Å². The van der Waals surface area contributed by atoms with E-state index in [1.807, 2.05) is 25.1 Å². The minimum absolute atomic E-state index is 0.0937. The highest BCUT2D eigenvalue weighted by Crippen LogP contribution is 2.26. The van der Waals surface area contributed by atoms with Crippen molar-refractivity contribution in [3.63, 3.8) is 0 Å². The fourth-order valence-corrected chi connectivity index (χ4v) is 2.85. The van der Waals surface area contributed by atoms with E-state index in [4.69, 9.17) is 4.74 Å². The topological polar surface area (TPSA) is 54.1 Å². The quantitative estimate of drug-likeness (QED) is 0.741. The van der Waals surface area contributed by atoms with Crippen LogP contribution in [0.15, 0.2) is 36.4 Å². The molecule has 6 heteroatoms. The molecule has 1 heterocycles. The van der Waals surface area contributed by atoms with Gasteiger partial charge in [0.2, 0.25) is 0 Å². The lowest BCUT2D eigenvalue weighted by Crippen LogP contribution is -2.26. The molecule has 2 N–H and O–H groups in total. The Kier molecular flexibility index (Phi) is 4.70. The van der Waals surface area contributed by atoms with E-state index >= 15 is 0 Å². The molecule has 3 aromatic rings. The molecule has 2 aromatic carbocycles. The third-order valence-electron chi connectivity index (χ3n) is 4.17. The second-order valence-corrected chi connectivity index (χ2v) is 5.77. The Labute approximate surface area is 143 Å². The number of H-pyrrole nitrogens is 1. The van der Waals surface area contributed by atoms with Crippen LogP contribution >= 0.6 is 0 Å². The number of aryl methyl sites for hydroxylation is 1. The van der Waals surface area contributed by atoms with Crippen molar-refractivity contribution in [2.24, 2.45) is 0 Å². The van der Waals surface area contributed by atoms with E-state index in [2.05, 4.69) is 10.3 Å². The molecule has 1 amide bonds. The molecule has 0 radical (unpaired) electrons. The van der Waals surface area contributed by atoms with Gasteiger partial charge in [0.25, 0.3) is 5.91 Å². The molecule has 0 atom stereocenters. The van der Waals surface area contributed by atoms with E-state index in [9.17, 15) is 13.6 Å². The van der Waals surface area contributed by atoms with Crippen LogP contribution in [0, 0.1) is 18.6 Å². The number of aromatic amines is 1. The highest BCUT2D eigenvalue weighted by molar-refractivity contribution is 5.94. The number of carbonyl (C=O) groups is 1. The summed E-state index contributed by atoms with van der Waals surface area (Å²) in [5.41, 5.74) is 3.20. The zero-order valence-electron chi connectivity index (χ0n) is 14.0. The number of fused-ring (bicyclic) bond motifs is 1. The highest BCUT2D eigenvalue weighted by atomic mass is 19.2. The van der Waals surface area contributed by atoms with Gasteiger partial charge in [-0.25, -0.2) is 8.78 Å². The lowest BCUT2D eigenvalue weighted by molar-refractivity contribution is 0.0953. The fourth-order valence-electron chi connectivity index (χ4n) is 2.85. The summed E-state index contributed by atoms with van der Waals surface area (Å²) in [5.74, 6) is -1.68. The largest absolute Gasteiger partial charge is 0.497 e. The first-order valence-corrected chi connectivity index (χ1v) is 7.88. The normalized spacial score (nSPS) is 10.9. The fraction of sp³-hybridized carbons (Fsp3) is 0.211. The molecule has 4 nitrogen and oxygen atoms in total. The van der Waals surface area contributed by atoms with E-state index < -0.39 is 17.5 Å². The number of aromatic nitrogens is 1. The van der Waals surface area contributed by atoms with Gasteiger partial charge >= 0.3 is 0 Å². The summed E-state index contributed by atoms with van der Waals surface area (Å²) in [6.45, 7) is 2.35. The molecule has 0 spiro atoms.